The lowest BCUT2D eigenvalue weighted by Gasteiger charge is -1.99. The number of carbonyl (C=O) groups excluding carboxylic acids is 1. The lowest BCUT2D eigenvalue weighted by molar-refractivity contribution is -0.109. The lowest BCUT2D eigenvalue weighted by Crippen LogP contribution is -1.93. The number of thioether (sulfide) groups is 1. The summed E-state index contributed by atoms with van der Waals surface area (Å²) in [6.45, 7) is 1.39. The van der Waals surface area contributed by atoms with Gasteiger partial charge in [0.25, 0.3) is 0 Å². The second-order valence-corrected chi connectivity index (χ2v) is 4.16. The van der Waals surface area contributed by atoms with Crippen LogP contribution in [0.3, 0.4) is 0 Å². The van der Waals surface area contributed by atoms with Crippen molar-refractivity contribution in [1.82, 2.24) is 0 Å². The van der Waals surface area contributed by atoms with Crippen molar-refractivity contribution in [3.8, 4) is 0 Å². The first-order chi connectivity index (χ1) is 7.52. The summed E-state index contributed by atoms with van der Waals surface area (Å²) < 4.78 is 39.0. The van der Waals surface area contributed by atoms with Crippen molar-refractivity contribution in [2.75, 3.05) is 5.75 Å². The summed E-state index contributed by atoms with van der Waals surface area (Å²) in [5, 5.41) is -0.0927. The second-order valence-electron chi connectivity index (χ2n) is 2.96. The second kappa shape index (κ2) is 5.75. The van der Waals surface area contributed by atoms with Crippen molar-refractivity contribution < 1.29 is 18.0 Å². The molecular weight excluding hydrogens is 237 g/mol. The zero-order chi connectivity index (χ0) is 12.1. The van der Waals surface area contributed by atoms with E-state index in [1.807, 2.05) is 0 Å². The maximum atomic E-state index is 13.1. The van der Waals surface area contributed by atoms with Crippen LogP contribution in [0.2, 0.25) is 0 Å². The number of hydrogen-bond acceptors (Lipinski definition) is 2. The molecule has 16 heavy (non-hydrogen) atoms. The normalized spacial score (nSPS) is 11.0. The van der Waals surface area contributed by atoms with Crippen LogP contribution >= 0.6 is 11.8 Å². The van der Waals surface area contributed by atoms with Crippen molar-refractivity contribution in [3.63, 3.8) is 0 Å². The van der Waals surface area contributed by atoms with Gasteiger partial charge in [0, 0.05) is 18.2 Å². The molecule has 0 N–H and O–H groups in total. The van der Waals surface area contributed by atoms with Gasteiger partial charge in [-0.25, -0.2) is 13.2 Å². The summed E-state index contributed by atoms with van der Waals surface area (Å²) in [7, 11) is 0. The smallest absolute Gasteiger partial charge is 0.186 e. The first-order valence-electron chi connectivity index (χ1n) is 4.45. The first kappa shape index (κ1) is 12.8. The summed E-state index contributed by atoms with van der Waals surface area (Å²) in [6.07, 6.45) is 2.54. The van der Waals surface area contributed by atoms with E-state index >= 15 is 0 Å². The van der Waals surface area contributed by atoms with Crippen LogP contribution in [0, 0.1) is 17.5 Å². The highest BCUT2D eigenvalue weighted by molar-refractivity contribution is 8.13. The predicted octanol–water partition coefficient (Wildman–Crippen LogP) is 3.40. The highest BCUT2D eigenvalue weighted by atomic mass is 32.2. The Labute approximate surface area is 95.3 Å². The Hall–Kier alpha value is -1.23. The molecule has 0 aliphatic heterocycles. The van der Waals surface area contributed by atoms with Crippen molar-refractivity contribution in [2.45, 2.75) is 6.92 Å². The zero-order valence-electron chi connectivity index (χ0n) is 8.47. The minimum absolute atomic E-state index is 0.0927. The van der Waals surface area contributed by atoms with Gasteiger partial charge in [0.2, 0.25) is 0 Å². The third-order valence-corrected chi connectivity index (χ3v) is 2.51. The number of carbonyl (C=O) groups is 1. The van der Waals surface area contributed by atoms with Gasteiger partial charge in [0.1, 0.15) is 5.82 Å². The summed E-state index contributed by atoms with van der Waals surface area (Å²) in [6, 6.07) is 1.59. The summed E-state index contributed by atoms with van der Waals surface area (Å²) in [4.78, 5) is 10.6. The van der Waals surface area contributed by atoms with E-state index in [1.165, 1.54) is 13.0 Å². The monoisotopic (exact) mass is 246 g/mol. The summed E-state index contributed by atoms with van der Waals surface area (Å²) in [5.41, 5.74) is -0.427. The topological polar surface area (TPSA) is 17.1 Å². The molecule has 0 aliphatic rings. The quantitative estimate of drug-likeness (QED) is 0.760. The molecule has 0 aromatic heterocycles. The zero-order valence-corrected chi connectivity index (χ0v) is 9.28. The SMILES string of the molecule is CC(=O)SCC=Cc1c(F)ccc(F)c1F. The Morgan fingerprint density at radius 1 is 1.31 bits per heavy atom. The number of benzene rings is 1. The molecule has 0 saturated carbocycles. The van der Waals surface area contributed by atoms with Gasteiger partial charge in [-0.3, -0.25) is 4.79 Å². The Bertz CT molecular complexity index is 429. The molecule has 0 saturated heterocycles. The minimum atomic E-state index is -1.22. The molecular formula is C11H9F3OS. The van der Waals surface area contributed by atoms with Gasteiger partial charge in [0.05, 0.1) is 0 Å². The number of halogens is 3. The average molecular weight is 246 g/mol. The molecule has 1 nitrogen and oxygen atoms in total. The molecule has 1 aromatic carbocycles. The van der Waals surface area contributed by atoms with Gasteiger partial charge in [-0.05, 0) is 12.1 Å². The molecule has 0 amide bonds. The molecule has 0 fully saturated rings. The molecule has 0 spiro atoms. The van der Waals surface area contributed by atoms with Crippen molar-refractivity contribution in [1.29, 1.82) is 0 Å². The van der Waals surface area contributed by atoms with E-state index in [0.29, 0.717) is 5.75 Å². The van der Waals surface area contributed by atoms with Gasteiger partial charge in [0.15, 0.2) is 16.7 Å². The fraction of sp³-hybridized carbons (Fsp3) is 0.182. The van der Waals surface area contributed by atoms with Crippen LogP contribution < -0.4 is 0 Å². The van der Waals surface area contributed by atoms with Crippen LogP contribution in [0.25, 0.3) is 6.08 Å². The largest absolute Gasteiger partial charge is 0.288 e. The molecule has 86 valence electrons. The van der Waals surface area contributed by atoms with Crippen molar-refractivity contribution >= 4 is 23.0 Å². The molecule has 0 bridgehead atoms. The Balaban J connectivity index is 2.80. The molecule has 1 rings (SSSR count). The van der Waals surface area contributed by atoms with Crippen LogP contribution in [0.5, 0.6) is 0 Å². The maximum Gasteiger partial charge on any atom is 0.186 e. The standard InChI is InChI=1S/C11H9F3OS/c1-7(15)16-6-2-3-8-9(12)4-5-10(13)11(8)14/h2-5H,6H2,1H3. The fourth-order valence-electron chi connectivity index (χ4n) is 1.03. The minimum Gasteiger partial charge on any atom is -0.288 e. The van der Waals surface area contributed by atoms with Crippen molar-refractivity contribution in [3.05, 3.63) is 41.2 Å². The molecule has 0 heterocycles. The molecule has 0 unspecified atom stereocenters. The van der Waals surface area contributed by atoms with Crippen molar-refractivity contribution in [2.24, 2.45) is 0 Å². The Morgan fingerprint density at radius 2 is 1.94 bits per heavy atom. The van der Waals surface area contributed by atoms with Gasteiger partial charge in [-0.2, -0.15) is 0 Å². The van der Waals surface area contributed by atoms with Crippen LogP contribution in [-0.4, -0.2) is 10.9 Å². The van der Waals surface area contributed by atoms with E-state index in [2.05, 4.69) is 0 Å². The lowest BCUT2D eigenvalue weighted by atomic mass is 10.2. The highest BCUT2D eigenvalue weighted by Gasteiger charge is 2.10. The maximum absolute atomic E-state index is 13.1. The highest BCUT2D eigenvalue weighted by Crippen LogP contribution is 2.17. The van der Waals surface area contributed by atoms with Crippen LogP contribution in [0.4, 0.5) is 13.2 Å². The van der Waals surface area contributed by atoms with Gasteiger partial charge in [-0.1, -0.05) is 23.9 Å². The number of rotatable bonds is 3. The fourth-order valence-corrected chi connectivity index (χ4v) is 1.45. The molecule has 0 atom stereocenters. The molecule has 5 heteroatoms. The van der Waals surface area contributed by atoms with E-state index < -0.39 is 23.0 Å². The van der Waals surface area contributed by atoms with E-state index in [0.717, 1.165) is 30.0 Å². The van der Waals surface area contributed by atoms with Crippen LogP contribution in [-0.2, 0) is 4.79 Å². The Kier molecular flexibility index (Phi) is 4.61. The summed E-state index contributed by atoms with van der Waals surface area (Å²) in [5.74, 6) is -2.85. The third-order valence-electron chi connectivity index (χ3n) is 1.75. The van der Waals surface area contributed by atoms with Gasteiger partial charge < -0.3 is 0 Å². The van der Waals surface area contributed by atoms with E-state index in [4.69, 9.17) is 0 Å². The van der Waals surface area contributed by atoms with E-state index in [1.54, 1.807) is 0 Å². The average Bonchev–Trinajstić information content (AvgIpc) is 2.22. The van der Waals surface area contributed by atoms with Crippen LogP contribution in [0.1, 0.15) is 12.5 Å². The van der Waals surface area contributed by atoms with Gasteiger partial charge in [-0.15, -0.1) is 0 Å². The van der Waals surface area contributed by atoms with E-state index in [9.17, 15) is 18.0 Å². The molecule has 1 aromatic rings. The molecule has 0 aliphatic carbocycles. The van der Waals surface area contributed by atoms with Crippen LogP contribution in [0.15, 0.2) is 18.2 Å². The molecule has 0 radical (unpaired) electrons. The van der Waals surface area contributed by atoms with E-state index in [-0.39, 0.29) is 5.12 Å². The Morgan fingerprint density at radius 3 is 2.56 bits per heavy atom. The third kappa shape index (κ3) is 3.41. The summed E-state index contributed by atoms with van der Waals surface area (Å²) >= 11 is 1.00. The predicted molar refractivity (Wildman–Crippen MR) is 58.5 cm³/mol. The first-order valence-corrected chi connectivity index (χ1v) is 5.44. The van der Waals surface area contributed by atoms with Gasteiger partial charge >= 0.3 is 0 Å². The number of hydrogen-bond donors (Lipinski definition) is 0.